The maximum atomic E-state index is 13.9. The van der Waals surface area contributed by atoms with Gasteiger partial charge in [-0.3, -0.25) is 14.3 Å². The van der Waals surface area contributed by atoms with Crippen LogP contribution in [0, 0.1) is 5.82 Å². The lowest BCUT2D eigenvalue weighted by atomic mass is 10.2. The minimum atomic E-state index is -0.558. The minimum Gasteiger partial charge on any atom is -0.489 e. The Labute approximate surface area is 179 Å². The lowest BCUT2D eigenvalue weighted by Crippen LogP contribution is -2.39. The van der Waals surface area contributed by atoms with Gasteiger partial charge in [0.15, 0.2) is 11.6 Å². The quantitative estimate of drug-likeness (QED) is 0.520. The number of para-hydroxylation sites is 1. The van der Waals surface area contributed by atoms with Crippen molar-refractivity contribution in [1.82, 2.24) is 9.55 Å². The van der Waals surface area contributed by atoms with Gasteiger partial charge in [0.1, 0.15) is 18.1 Å². The van der Waals surface area contributed by atoms with Gasteiger partial charge in [0.2, 0.25) is 0 Å². The summed E-state index contributed by atoms with van der Waals surface area (Å²) in [5.74, 6) is -0.205. The Bertz CT molecular complexity index is 1110. The maximum Gasteiger partial charge on any atom is 0.330 e. The van der Waals surface area contributed by atoms with Crippen molar-refractivity contribution in [3.05, 3.63) is 86.8 Å². The van der Waals surface area contributed by atoms with Crippen LogP contribution in [0.1, 0.15) is 25.3 Å². The third-order valence-corrected chi connectivity index (χ3v) is 4.94. The van der Waals surface area contributed by atoms with Crippen LogP contribution in [0.3, 0.4) is 0 Å². The van der Waals surface area contributed by atoms with Crippen molar-refractivity contribution in [2.45, 2.75) is 32.9 Å². The number of aromatic amines is 1. The number of nitrogens with one attached hydrogen (secondary N) is 1. The van der Waals surface area contributed by atoms with Crippen LogP contribution in [0.15, 0.2) is 64.2 Å². The first-order chi connectivity index (χ1) is 15.0. The lowest BCUT2D eigenvalue weighted by Gasteiger charge is -2.26. The molecule has 0 spiro atoms. The number of benzene rings is 2. The molecule has 0 aliphatic rings. The smallest absolute Gasteiger partial charge is 0.330 e. The standard InChI is InChI=1S/C23H27FN4O3/c1-2-3-13-28-21(25)20(22(29)26-23(28)30)27(16-17-9-5-4-6-10-17)14-15-31-19-12-8-7-11-18(19)24/h4-12H,2-3,13-16,25H2,1H3,(H,26,29,30). The third-order valence-electron chi connectivity index (χ3n) is 4.94. The number of hydrogen-bond acceptors (Lipinski definition) is 5. The van der Waals surface area contributed by atoms with Gasteiger partial charge in [-0.15, -0.1) is 0 Å². The predicted molar refractivity (Wildman–Crippen MR) is 120 cm³/mol. The number of rotatable bonds is 10. The summed E-state index contributed by atoms with van der Waals surface area (Å²) in [5.41, 5.74) is 6.37. The highest BCUT2D eigenvalue weighted by molar-refractivity contribution is 5.62. The van der Waals surface area contributed by atoms with E-state index >= 15 is 0 Å². The van der Waals surface area contributed by atoms with Crippen LogP contribution >= 0.6 is 0 Å². The molecule has 1 heterocycles. The zero-order valence-electron chi connectivity index (χ0n) is 17.5. The Morgan fingerprint density at radius 3 is 2.52 bits per heavy atom. The summed E-state index contributed by atoms with van der Waals surface area (Å²) in [6, 6.07) is 15.7. The summed E-state index contributed by atoms with van der Waals surface area (Å²) in [5, 5.41) is 0. The van der Waals surface area contributed by atoms with Crippen LogP contribution in [0.4, 0.5) is 15.9 Å². The second kappa shape index (κ2) is 10.5. The number of anilines is 2. The maximum absolute atomic E-state index is 13.9. The molecule has 7 nitrogen and oxygen atoms in total. The number of halogens is 1. The van der Waals surface area contributed by atoms with Crippen molar-refractivity contribution < 1.29 is 9.13 Å². The highest BCUT2D eigenvalue weighted by Gasteiger charge is 2.19. The topological polar surface area (TPSA) is 93.3 Å². The first-order valence-corrected chi connectivity index (χ1v) is 10.3. The third kappa shape index (κ3) is 5.53. The number of nitrogen functional groups attached to an aromatic ring is 1. The minimum absolute atomic E-state index is 0.115. The molecule has 31 heavy (non-hydrogen) atoms. The molecule has 0 aliphatic heterocycles. The van der Waals surface area contributed by atoms with E-state index in [0.29, 0.717) is 13.1 Å². The zero-order chi connectivity index (χ0) is 22.2. The van der Waals surface area contributed by atoms with E-state index in [0.717, 1.165) is 18.4 Å². The summed E-state index contributed by atoms with van der Waals surface area (Å²) < 4.78 is 20.8. The summed E-state index contributed by atoms with van der Waals surface area (Å²) in [6.07, 6.45) is 1.63. The Balaban J connectivity index is 1.91. The number of unbranched alkanes of at least 4 members (excludes halogenated alkanes) is 1. The van der Waals surface area contributed by atoms with Crippen molar-refractivity contribution in [2.24, 2.45) is 0 Å². The molecular formula is C23H27FN4O3. The Morgan fingerprint density at radius 1 is 1.10 bits per heavy atom. The Kier molecular flexibility index (Phi) is 7.48. The Hall–Kier alpha value is -3.55. The molecule has 0 aliphatic carbocycles. The molecule has 3 N–H and O–H groups in total. The van der Waals surface area contributed by atoms with E-state index in [4.69, 9.17) is 10.5 Å². The van der Waals surface area contributed by atoms with Crippen LogP contribution in [-0.4, -0.2) is 22.7 Å². The predicted octanol–water partition coefficient (Wildman–Crippen LogP) is 3.14. The van der Waals surface area contributed by atoms with Gasteiger partial charge in [-0.2, -0.15) is 0 Å². The second-order valence-electron chi connectivity index (χ2n) is 7.18. The van der Waals surface area contributed by atoms with Gasteiger partial charge in [-0.25, -0.2) is 9.18 Å². The van der Waals surface area contributed by atoms with Gasteiger partial charge < -0.3 is 15.4 Å². The zero-order valence-corrected chi connectivity index (χ0v) is 17.5. The molecule has 0 radical (unpaired) electrons. The van der Waals surface area contributed by atoms with Crippen molar-refractivity contribution in [3.63, 3.8) is 0 Å². The normalized spacial score (nSPS) is 10.8. The molecule has 0 atom stereocenters. The molecule has 8 heteroatoms. The monoisotopic (exact) mass is 426 g/mol. The SMILES string of the molecule is CCCCn1c(N)c(N(CCOc2ccccc2F)Cc2ccccc2)c(=O)[nH]c1=O. The van der Waals surface area contributed by atoms with E-state index in [1.54, 1.807) is 23.1 Å². The van der Waals surface area contributed by atoms with Crippen LogP contribution in [0.25, 0.3) is 0 Å². The first kappa shape index (κ1) is 22.1. The first-order valence-electron chi connectivity index (χ1n) is 10.3. The fourth-order valence-electron chi connectivity index (χ4n) is 3.32. The Morgan fingerprint density at radius 2 is 1.81 bits per heavy atom. The fourth-order valence-corrected chi connectivity index (χ4v) is 3.32. The molecule has 0 fully saturated rings. The summed E-state index contributed by atoms with van der Waals surface area (Å²) >= 11 is 0. The van der Waals surface area contributed by atoms with Crippen molar-refractivity contribution in [2.75, 3.05) is 23.8 Å². The summed E-state index contributed by atoms with van der Waals surface area (Å²) in [6.45, 7) is 3.19. The van der Waals surface area contributed by atoms with Gasteiger partial charge in [-0.1, -0.05) is 55.8 Å². The highest BCUT2D eigenvalue weighted by atomic mass is 19.1. The molecule has 3 rings (SSSR count). The van der Waals surface area contributed by atoms with Gasteiger partial charge in [0.25, 0.3) is 5.56 Å². The van der Waals surface area contributed by atoms with Crippen molar-refractivity contribution >= 4 is 11.5 Å². The number of nitrogens with two attached hydrogens (primary N) is 1. The highest BCUT2D eigenvalue weighted by Crippen LogP contribution is 2.20. The van der Waals surface area contributed by atoms with E-state index in [2.05, 4.69) is 4.98 Å². The van der Waals surface area contributed by atoms with E-state index in [-0.39, 0.29) is 30.4 Å². The van der Waals surface area contributed by atoms with Crippen molar-refractivity contribution in [1.29, 1.82) is 0 Å². The average Bonchev–Trinajstić information content (AvgIpc) is 2.75. The van der Waals surface area contributed by atoms with Crippen LogP contribution in [0.5, 0.6) is 5.75 Å². The molecule has 1 aromatic heterocycles. The molecule has 0 bridgehead atoms. The van der Waals surface area contributed by atoms with Gasteiger partial charge in [0.05, 0.1) is 6.54 Å². The molecule has 0 saturated heterocycles. The molecule has 164 valence electrons. The summed E-state index contributed by atoms with van der Waals surface area (Å²) in [7, 11) is 0. The molecule has 3 aromatic rings. The van der Waals surface area contributed by atoms with E-state index in [1.165, 1.54) is 10.6 Å². The lowest BCUT2D eigenvalue weighted by molar-refractivity contribution is 0.306. The van der Waals surface area contributed by atoms with Crippen LogP contribution < -0.4 is 26.6 Å². The second-order valence-corrected chi connectivity index (χ2v) is 7.18. The van der Waals surface area contributed by atoms with Gasteiger partial charge >= 0.3 is 5.69 Å². The number of ether oxygens (including phenoxy) is 1. The molecule has 0 unspecified atom stereocenters. The van der Waals surface area contributed by atoms with E-state index in [9.17, 15) is 14.0 Å². The number of nitrogens with zero attached hydrogens (tertiary/aromatic N) is 2. The van der Waals surface area contributed by atoms with Crippen LogP contribution in [0.2, 0.25) is 0 Å². The molecular weight excluding hydrogens is 399 g/mol. The molecule has 0 amide bonds. The van der Waals surface area contributed by atoms with Crippen molar-refractivity contribution in [3.8, 4) is 5.75 Å². The fraction of sp³-hybridized carbons (Fsp3) is 0.304. The van der Waals surface area contributed by atoms with Gasteiger partial charge in [0, 0.05) is 13.1 Å². The summed E-state index contributed by atoms with van der Waals surface area (Å²) in [4.78, 5) is 29.1. The number of H-pyrrole nitrogens is 1. The largest absolute Gasteiger partial charge is 0.489 e. The number of aromatic nitrogens is 2. The van der Waals surface area contributed by atoms with Gasteiger partial charge in [-0.05, 0) is 24.1 Å². The number of hydrogen-bond donors (Lipinski definition) is 2. The molecule has 2 aromatic carbocycles. The van der Waals surface area contributed by atoms with E-state index < -0.39 is 17.1 Å². The average molecular weight is 426 g/mol. The molecule has 0 saturated carbocycles. The van der Waals surface area contributed by atoms with Crippen LogP contribution in [-0.2, 0) is 13.1 Å². The van der Waals surface area contributed by atoms with E-state index in [1.807, 2.05) is 37.3 Å².